The predicted molar refractivity (Wildman–Crippen MR) is 120 cm³/mol. The van der Waals surface area contributed by atoms with Gasteiger partial charge in [0.25, 0.3) is 0 Å². The van der Waals surface area contributed by atoms with Crippen molar-refractivity contribution in [1.82, 2.24) is 5.32 Å². The fourth-order valence-electron chi connectivity index (χ4n) is 4.50. The molecule has 0 spiro atoms. The molecule has 2 aliphatic rings. The van der Waals surface area contributed by atoms with E-state index in [1.165, 1.54) is 0 Å². The van der Waals surface area contributed by atoms with Crippen molar-refractivity contribution < 1.29 is 27.8 Å². The lowest BCUT2D eigenvalue weighted by Gasteiger charge is -2.37. The van der Waals surface area contributed by atoms with Crippen LogP contribution in [0.4, 0.5) is 5.69 Å². The highest BCUT2D eigenvalue weighted by molar-refractivity contribution is 7.92. The molecule has 32 heavy (non-hydrogen) atoms. The Morgan fingerprint density at radius 1 is 1.22 bits per heavy atom. The molecule has 1 fully saturated rings. The van der Waals surface area contributed by atoms with Crippen molar-refractivity contribution >= 4 is 21.6 Å². The van der Waals surface area contributed by atoms with Crippen molar-refractivity contribution in [3.8, 4) is 5.75 Å². The van der Waals surface area contributed by atoms with Crippen LogP contribution in [0.2, 0.25) is 0 Å². The smallest absolute Gasteiger partial charge is 0.229 e. The van der Waals surface area contributed by atoms with Crippen molar-refractivity contribution in [2.24, 2.45) is 0 Å². The summed E-state index contributed by atoms with van der Waals surface area (Å²) in [5.41, 5.74) is 2.32. The van der Waals surface area contributed by atoms with E-state index < -0.39 is 22.2 Å². The molecule has 0 unspecified atom stereocenters. The first-order valence-electron chi connectivity index (χ1n) is 10.6. The van der Waals surface area contributed by atoms with Gasteiger partial charge < -0.3 is 19.9 Å². The number of amides is 1. The van der Waals surface area contributed by atoms with Crippen LogP contribution < -0.4 is 14.8 Å². The molecule has 0 bridgehead atoms. The highest BCUT2D eigenvalue weighted by atomic mass is 32.2. The summed E-state index contributed by atoms with van der Waals surface area (Å²) in [5.74, 6) is 0.401. The molecule has 9 heteroatoms. The van der Waals surface area contributed by atoms with Crippen LogP contribution in [0.3, 0.4) is 0 Å². The number of hydrogen-bond acceptors (Lipinski definition) is 6. The van der Waals surface area contributed by atoms with Gasteiger partial charge in [0.1, 0.15) is 18.0 Å². The highest BCUT2D eigenvalue weighted by Gasteiger charge is 2.46. The largest absolute Gasteiger partial charge is 0.487 e. The van der Waals surface area contributed by atoms with E-state index in [0.29, 0.717) is 17.9 Å². The predicted octanol–water partition coefficient (Wildman–Crippen LogP) is 2.32. The number of aliphatic hydroxyl groups excluding tert-OH is 1. The van der Waals surface area contributed by atoms with Gasteiger partial charge in [-0.1, -0.05) is 30.3 Å². The summed E-state index contributed by atoms with van der Waals surface area (Å²) in [6.45, 7) is 1.70. The molecule has 2 aliphatic heterocycles. The number of sulfonamides is 1. The third kappa shape index (κ3) is 5.06. The van der Waals surface area contributed by atoms with Gasteiger partial charge in [-0.25, -0.2) is 8.42 Å². The third-order valence-electron chi connectivity index (χ3n) is 5.89. The number of anilines is 1. The molecule has 1 amide bonds. The van der Waals surface area contributed by atoms with E-state index in [1.807, 2.05) is 37.3 Å². The average Bonchev–Trinajstić information content (AvgIpc) is 3.10. The lowest BCUT2D eigenvalue weighted by Crippen LogP contribution is -2.47. The molecule has 2 aromatic carbocycles. The Morgan fingerprint density at radius 3 is 2.66 bits per heavy atom. The Morgan fingerprint density at radius 2 is 1.97 bits per heavy atom. The summed E-state index contributed by atoms with van der Waals surface area (Å²) in [5, 5.41) is 12.9. The number of ether oxygens (including phenoxy) is 2. The topological polar surface area (TPSA) is 114 Å². The maximum Gasteiger partial charge on any atom is 0.229 e. The summed E-state index contributed by atoms with van der Waals surface area (Å²) in [7, 11) is -3.41. The van der Waals surface area contributed by atoms with E-state index in [2.05, 4.69) is 10.0 Å². The second-order valence-corrected chi connectivity index (χ2v) is 10.2. The first-order valence-corrected chi connectivity index (χ1v) is 12.5. The van der Waals surface area contributed by atoms with E-state index in [1.54, 1.807) is 18.2 Å². The number of benzene rings is 2. The summed E-state index contributed by atoms with van der Waals surface area (Å²) in [6, 6.07) is 14.7. The molecule has 1 saturated heterocycles. The minimum absolute atomic E-state index is 0.110. The van der Waals surface area contributed by atoms with Crippen molar-refractivity contribution in [2.45, 2.75) is 50.0 Å². The standard InChI is InChI=1S/C23H28N2O6S/c1-14(15-6-4-3-5-7-15)24-22(27)12-17-11-19-18-10-16(25-32(2,28)29)8-9-20(18)31-23(19)21(13-26)30-17/h3-10,14,17,19,21,23,25-26H,11-13H2,1-2H3,(H,24,27)/t14-,17-,19-,21+,23+/m0/s1. The van der Waals surface area contributed by atoms with Gasteiger partial charge in [0, 0.05) is 17.2 Å². The normalized spacial score (nSPS) is 25.2. The fraction of sp³-hybridized carbons (Fsp3) is 0.435. The van der Waals surface area contributed by atoms with E-state index in [4.69, 9.17) is 9.47 Å². The molecule has 0 radical (unpaired) electrons. The van der Waals surface area contributed by atoms with Crippen LogP contribution in [0.15, 0.2) is 48.5 Å². The molecule has 0 aliphatic carbocycles. The fourth-order valence-corrected chi connectivity index (χ4v) is 5.05. The zero-order chi connectivity index (χ0) is 22.9. The van der Waals surface area contributed by atoms with Crippen LogP contribution in [0.25, 0.3) is 0 Å². The average molecular weight is 461 g/mol. The van der Waals surface area contributed by atoms with Gasteiger partial charge in [-0.15, -0.1) is 0 Å². The van der Waals surface area contributed by atoms with Gasteiger partial charge in [-0.2, -0.15) is 0 Å². The van der Waals surface area contributed by atoms with Crippen molar-refractivity contribution in [2.75, 3.05) is 17.6 Å². The molecular weight excluding hydrogens is 432 g/mol. The molecule has 172 valence electrons. The number of hydrogen-bond donors (Lipinski definition) is 3. The Balaban J connectivity index is 1.47. The molecule has 2 heterocycles. The van der Waals surface area contributed by atoms with Crippen molar-refractivity contribution in [3.63, 3.8) is 0 Å². The summed E-state index contributed by atoms with van der Waals surface area (Å²) in [6.07, 6.45) is 0.443. The number of nitrogens with one attached hydrogen (secondary N) is 2. The Hall–Kier alpha value is -2.62. The Kier molecular flexibility index (Phi) is 6.41. The van der Waals surface area contributed by atoms with Gasteiger partial charge >= 0.3 is 0 Å². The monoisotopic (exact) mass is 460 g/mol. The van der Waals surface area contributed by atoms with Gasteiger partial charge in [0.2, 0.25) is 15.9 Å². The minimum atomic E-state index is -3.41. The SMILES string of the molecule is C[C@H](NC(=O)C[C@@H]1C[C@H]2c3cc(NS(C)(=O)=O)ccc3O[C@H]2[C@@H](CO)O1)c1ccccc1. The maximum atomic E-state index is 12.7. The number of carbonyl (C=O) groups excluding carboxylic acids is 1. The van der Waals surface area contributed by atoms with Gasteiger partial charge in [-0.3, -0.25) is 9.52 Å². The molecule has 4 rings (SSSR count). The summed E-state index contributed by atoms with van der Waals surface area (Å²) >= 11 is 0. The van der Waals surface area contributed by atoms with Crippen LogP contribution in [-0.4, -0.2) is 50.6 Å². The van der Waals surface area contributed by atoms with Crippen LogP contribution in [-0.2, 0) is 19.6 Å². The molecule has 3 N–H and O–H groups in total. The van der Waals surface area contributed by atoms with Gasteiger partial charge in [0.05, 0.1) is 31.4 Å². The first-order chi connectivity index (χ1) is 15.2. The summed E-state index contributed by atoms with van der Waals surface area (Å²) in [4.78, 5) is 12.7. The Labute approximate surface area is 188 Å². The van der Waals surface area contributed by atoms with Crippen molar-refractivity contribution in [1.29, 1.82) is 0 Å². The van der Waals surface area contributed by atoms with E-state index in [9.17, 15) is 18.3 Å². The van der Waals surface area contributed by atoms with Gasteiger partial charge in [0.15, 0.2) is 0 Å². The number of carbonyl (C=O) groups is 1. The minimum Gasteiger partial charge on any atom is -0.487 e. The Bertz CT molecular complexity index is 1080. The van der Waals surface area contributed by atoms with E-state index in [-0.39, 0.29) is 37.0 Å². The number of rotatable bonds is 7. The summed E-state index contributed by atoms with van der Waals surface area (Å²) < 4.78 is 37.7. The van der Waals surface area contributed by atoms with Crippen LogP contribution in [0.5, 0.6) is 5.75 Å². The molecule has 0 aromatic heterocycles. The van der Waals surface area contributed by atoms with Crippen molar-refractivity contribution in [3.05, 3.63) is 59.7 Å². The van der Waals surface area contributed by atoms with Crippen LogP contribution in [0.1, 0.15) is 42.9 Å². The number of fused-ring (bicyclic) bond motifs is 3. The lowest BCUT2D eigenvalue weighted by molar-refractivity contribution is -0.142. The molecular formula is C23H28N2O6S. The zero-order valence-electron chi connectivity index (χ0n) is 18.0. The maximum absolute atomic E-state index is 12.7. The molecule has 2 aromatic rings. The highest BCUT2D eigenvalue weighted by Crippen LogP contribution is 2.47. The lowest BCUT2D eigenvalue weighted by atomic mass is 9.84. The first kappa shape index (κ1) is 22.6. The molecule has 5 atom stereocenters. The van der Waals surface area contributed by atoms with E-state index in [0.717, 1.165) is 17.4 Å². The van der Waals surface area contributed by atoms with Crippen LogP contribution >= 0.6 is 0 Å². The van der Waals surface area contributed by atoms with Gasteiger partial charge in [-0.05, 0) is 37.1 Å². The number of aliphatic hydroxyl groups is 1. The van der Waals surface area contributed by atoms with E-state index >= 15 is 0 Å². The molecule has 0 saturated carbocycles. The molecule has 8 nitrogen and oxygen atoms in total. The quantitative estimate of drug-likeness (QED) is 0.584. The second-order valence-electron chi connectivity index (χ2n) is 8.43. The zero-order valence-corrected chi connectivity index (χ0v) is 18.8. The second kappa shape index (κ2) is 9.09. The third-order valence-corrected chi connectivity index (χ3v) is 6.50. The van der Waals surface area contributed by atoms with Crippen LogP contribution in [0, 0.1) is 0 Å².